The van der Waals surface area contributed by atoms with Gasteiger partial charge in [0.25, 0.3) is 0 Å². The molecule has 0 radical (unpaired) electrons. The van der Waals surface area contributed by atoms with E-state index in [0.717, 1.165) is 28.2 Å². The summed E-state index contributed by atoms with van der Waals surface area (Å²) in [5, 5.41) is 5.98. The van der Waals surface area contributed by atoms with Crippen molar-refractivity contribution in [3.8, 4) is 11.3 Å². The normalized spacial score (nSPS) is 19.0. The van der Waals surface area contributed by atoms with E-state index in [9.17, 15) is 4.79 Å². The number of carbonyl (C=O) groups is 1. The Morgan fingerprint density at radius 2 is 2.08 bits per heavy atom. The third kappa shape index (κ3) is 3.21. The molecular formula is C19H17N3OS. The molecule has 1 fully saturated rings. The summed E-state index contributed by atoms with van der Waals surface area (Å²) in [6.45, 7) is 0.493. The van der Waals surface area contributed by atoms with E-state index >= 15 is 0 Å². The van der Waals surface area contributed by atoms with Crippen molar-refractivity contribution in [2.24, 2.45) is 5.92 Å². The maximum absolute atomic E-state index is 12.3. The molecule has 2 heterocycles. The smallest absolute Gasteiger partial charge is 0.224 e. The van der Waals surface area contributed by atoms with E-state index in [1.807, 2.05) is 54.0 Å². The first-order chi connectivity index (χ1) is 11.8. The Kier molecular flexibility index (Phi) is 4.09. The summed E-state index contributed by atoms with van der Waals surface area (Å²) < 4.78 is 0. The largest absolute Gasteiger partial charge is 0.349 e. The number of amides is 1. The van der Waals surface area contributed by atoms with Crippen LogP contribution < -0.4 is 5.32 Å². The highest BCUT2D eigenvalue weighted by Crippen LogP contribution is 2.47. The predicted octanol–water partition coefficient (Wildman–Crippen LogP) is 3.63. The first-order valence-electron chi connectivity index (χ1n) is 7.99. The Hall–Kier alpha value is -2.53. The molecule has 3 aromatic rings. The SMILES string of the molecule is O=C(NCc1nc(-c2ccccc2)cs1)[C@H]1C[C@H]1c1cccnc1. The quantitative estimate of drug-likeness (QED) is 0.775. The molecule has 2 atom stereocenters. The molecule has 120 valence electrons. The fourth-order valence-corrected chi connectivity index (χ4v) is 3.62. The fraction of sp³-hybridized carbons (Fsp3) is 0.211. The lowest BCUT2D eigenvalue weighted by atomic mass is 10.1. The van der Waals surface area contributed by atoms with Crippen molar-refractivity contribution < 1.29 is 4.79 Å². The Bertz CT molecular complexity index is 832. The van der Waals surface area contributed by atoms with E-state index in [1.54, 1.807) is 17.5 Å². The van der Waals surface area contributed by atoms with Crippen molar-refractivity contribution in [2.45, 2.75) is 18.9 Å². The summed E-state index contributed by atoms with van der Waals surface area (Å²) in [4.78, 5) is 21.0. The number of nitrogens with zero attached hydrogens (tertiary/aromatic N) is 2. The van der Waals surface area contributed by atoms with E-state index in [0.29, 0.717) is 12.5 Å². The summed E-state index contributed by atoms with van der Waals surface area (Å²) in [7, 11) is 0. The average molecular weight is 335 g/mol. The summed E-state index contributed by atoms with van der Waals surface area (Å²) in [5.74, 6) is 0.498. The van der Waals surface area contributed by atoms with Crippen LogP contribution in [0.1, 0.15) is 22.9 Å². The fourth-order valence-electron chi connectivity index (χ4n) is 2.88. The molecule has 1 aliphatic rings. The number of rotatable bonds is 5. The molecule has 0 spiro atoms. The lowest BCUT2D eigenvalue weighted by Crippen LogP contribution is -2.24. The van der Waals surface area contributed by atoms with Gasteiger partial charge in [0.2, 0.25) is 5.91 Å². The molecule has 0 bridgehead atoms. The molecule has 24 heavy (non-hydrogen) atoms. The van der Waals surface area contributed by atoms with Gasteiger partial charge in [0.1, 0.15) is 5.01 Å². The summed E-state index contributed by atoms with van der Waals surface area (Å²) in [5.41, 5.74) is 3.22. The highest BCUT2D eigenvalue weighted by Gasteiger charge is 2.43. The van der Waals surface area contributed by atoms with Gasteiger partial charge in [0.15, 0.2) is 0 Å². The lowest BCUT2D eigenvalue weighted by molar-refractivity contribution is -0.122. The van der Waals surface area contributed by atoms with Crippen LogP contribution in [0.4, 0.5) is 0 Å². The molecule has 1 N–H and O–H groups in total. The van der Waals surface area contributed by atoms with Gasteiger partial charge in [-0.1, -0.05) is 36.4 Å². The third-order valence-electron chi connectivity index (χ3n) is 4.27. The number of carbonyl (C=O) groups excluding carboxylic acids is 1. The van der Waals surface area contributed by atoms with E-state index in [4.69, 9.17) is 0 Å². The van der Waals surface area contributed by atoms with Crippen molar-refractivity contribution in [2.75, 3.05) is 0 Å². The van der Waals surface area contributed by atoms with Gasteiger partial charge in [0, 0.05) is 29.3 Å². The number of hydrogen-bond acceptors (Lipinski definition) is 4. The maximum atomic E-state index is 12.3. The molecular weight excluding hydrogens is 318 g/mol. The predicted molar refractivity (Wildman–Crippen MR) is 94.5 cm³/mol. The molecule has 1 aromatic carbocycles. The maximum Gasteiger partial charge on any atom is 0.224 e. The van der Waals surface area contributed by atoms with Crippen LogP contribution in [0.15, 0.2) is 60.2 Å². The molecule has 0 unspecified atom stereocenters. The Labute approximate surface area is 144 Å². The van der Waals surface area contributed by atoms with Crippen LogP contribution in [-0.4, -0.2) is 15.9 Å². The van der Waals surface area contributed by atoms with Crippen LogP contribution in [-0.2, 0) is 11.3 Å². The molecule has 2 aromatic heterocycles. The first kappa shape index (κ1) is 15.0. The Morgan fingerprint density at radius 1 is 1.21 bits per heavy atom. The number of nitrogens with one attached hydrogen (secondary N) is 1. The van der Waals surface area contributed by atoms with Gasteiger partial charge in [-0.25, -0.2) is 4.98 Å². The minimum Gasteiger partial charge on any atom is -0.349 e. The van der Waals surface area contributed by atoms with Gasteiger partial charge in [-0.3, -0.25) is 9.78 Å². The molecule has 0 aliphatic heterocycles. The van der Waals surface area contributed by atoms with Crippen LogP contribution >= 0.6 is 11.3 Å². The minimum atomic E-state index is 0.0720. The number of hydrogen-bond donors (Lipinski definition) is 1. The van der Waals surface area contributed by atoms with Crippen molar-refractivity contribution >= 4 is 17.2 Å². The standard InChI is InChI=1S/C19H17N3OS/c23-19(16-9-15(16)14-7-4-8-20-10-14)21-11-18-22-17(12-24-18)13-5-2-1-3-6-13/h1-8,10,12,15-16H,9,11H2,(H,21,23)/t15-,16-/m0/s1. The third-order valence-corrected chi connectivity index (χ3v) is 5.12. The van der Waals surface area contributed by atoms with Gasteiger partial charge in [-0.15, -0.1) is 11.3 Å². The van der Waals surface area contributed by atoms with Crippen molar-refractivity contribution in [1.29, 1.82) is 0 Å². The monoisotopic (exact) mass is 335 g/mol. The minimum absolute atomic E-state index is 0.0720. The second-order valence-corrected chi connectivity index (χ2v) is 6.89. The van der Waals surface area contributed by atoms with E-state index < -0.39 is 0 Å². The number of thiazole rings is 1. The molecule has 1 aliphatic carbocycles. The van der Waals surface area contributed by atoms with Crippen LogP contribution in [0.5, 0.6) is 0 Å². The Morgan fingerprint density at radius 3 is 2.88 bits per heavy atom. The highest BCUT2D eigenvalue weighted by atomic mass is 32.1. The molecule has 1 amide bonds. The molecule has 1 saturated carbocycles. The van der Waals surface area contributed by atoms with E-state index in [1.165, 1.54) is 0 Å². The van der Waals surface area contributed by atoms with Gasteiger partial charge in [-0.2, -0.15) is 0 Å². The molecule has 4 rings (SSSR count). The zero-order valence-electron chi connectivity index (χ0n) is 13.1. The van der Waals surface area contributed by atoms with Crippen LogP contribution in [0.3, 0.4) is 0 Å². The second-order valence-electron chi connectivity index (χ2n) is 5.95. The van der Waals surface area contributed by atoms with Crippen molar-refractivity contribution in [3.63, 3.8) is 0 Å². The van der Waals surface area contributed by atoms with Crippen LogP contribution in [0, 0.1) is 5.92 Å². The Balaban J connectivity index is 1.33. The number of pyridine rings is 1. The zero-order chi connectivity index (χ0) is 16.4. The second kappa shape index (κ2) is 6.53. The topological polar surface area (TPSA) is 54.9 Å². The summed E-state index contributed by atoms with van der Waals surface area (Å²) in [6.07, 6.45) is 4.52. The molecule has 5 heteroatoms. The van der Waals surface area contributed by atoms with Gasteiger partial charge in [-0.05, 0) is 24.0 Å². The van der Waals surface area contributed by atoms with Gasteiger partial charge < -0.3 is 5.32 Å². The summed E-state index contributed by atoms with van der Waals surface area (Å²) >= 11 is 1.58. The first-order valence-corrected chi connectivity index (χ1v) is 8.86. The summed E-state index contributed by atoms with van der Waals surface area (Å²) in [6, 6.07) is 14.0. The molecule has 0 saturated heterocycles. The van der Waals surface area contributed by atoms with Crippen molar-refractivity contribution in [1.82, 2.24) is 15.3 Å². The van der Waals surface area contributed by atoms with Crippen LogP contribution in [0.25, 0.3) is 11.3 Å². The van der Waals surface area contributed by atoms with Crippen LogP contribution in [0.2, 0.25) is 0 Å². The molecule has 4 nitrogen and oxygen atoms in total. The van der Waals surface area contributed by atoms with E-state index in [-0.39, 0.29) is 11.8 Å². The average Bonchev–Trinajstić information content (AvgIpc) is 3.31. The van der Waals surface area contributed by atoms with E-state index in [2.05, 4.69) is 15.3 Å². The highest BCUT2D eigenvalue weighted by molar-refractivity contribution is 7.09. The van der Waals surface area contributed by atoms with Gasteiger partial charge in [0.05, 0.1) is 12.2 Å². The number of benzene rings is 1. The number of aromatic nitrogens is 2. The van der Waals surface area contributed by atoms with Crippen molar-refractivity contribution in [3.05, 3.63) is 70.8 Å². The zero-order valence-corrected chi connectivity index (χ0v) is 13.9. The van der Waals surface area contributed by atoms with Gasteiger partial charge >= 0.3 is 0 Å². The lowest BCUT2D eigenvalue weighted by Gasteiger charge is -2.03.